The molecule has 4 aliphatic heterocycles. The van der Waals surface area contributed by atoms with E-state index in [2.05, 4.69) is 0 Å². The van der Waals surface area contributed by atoms with Gasteiger partial charge in [0, 0.05) is 25.4 Å². The number of benzene rings is 2. The number of anilines is 1. The third kappa shape index (κ3) is 3.54. The summed E-state index contributed by atoms with van der Waals surface area (Å²) < 4.78 is 12.4. The lowest BCUT2D eigenvalue weighted by molar-refractivity contribution is -0.160. The Hall–Kier alpha value is -3.49. The van der Waals surface area contributed by atoms with Gasteiger partial charge in [-0.2, -0.15) is 0 Å². The number of amides is 2. The van der Waals surface area contributed by atoms with Crippen LogP contribution < -0.4 is 4.90 Å². The highest BCUT2D eigenvalue weighted by Gasteiger charge is 2.75. The molecule has 2 fully saturated rings. The van der Waals surface area contributed by atoms with E-state index >= 15 is 0 Å². The zero-order chi connectivity index (χ0) is 26.5. The highest BCUT2D eigenvalue weighted by molar-refractivity contribution is 6.06. The van der Waals surface area contributed by atoms with E-state index in [-0.39, 0.29) is 31.6 Å². The zero-order valence-electron chi connectivity index (χ0n) is 21.4. The van der Waals surface area contributed by atoms with E-state index in [0.29, 0.717) is 25.8 Å². The highest BCUT2D eigenvalue weighted by atomic mass is 16.6. The van der Waals surface area contributed by atoms with Crippen LogP contribution in [0, 0.1) is 11.8 Å². The van der Waals surface area contributed by atoms with E-state index in [1.54, 1.807) is 4.90 Å². The average Bonchev–Trinajstić information content (AvgIpc) is 3.27. The molecule has 6 rings (SSSR count). The fraction of sp³-hybridized carbons (Fsp3) is 0.433. The molecule has 1 spiro atoms. The number of aliphatic hydroxyl groups excluding tert-OH is 1. The standard InChI is InChI=1S/C30H32N2O6/c1-2-29-13-5-6-18-37-28(36)24(29)23-26(34)32(16-8-17-33)25-27(35)31(15-7-14-30(23,25)38-29)22-12-11-20-9-3-4-10-21(20)19-22/h3-5,7,9-14,19,23-25,33H,2,6,8,15-18H2,1H3/t23-,24+,25?,29-,30-/m0/s1. The maximum atomic E-state index is 14.5. The Bertz CT molecular complexity index is 1350. The van der Waals surface area contributed by atoms with Gasteiger partial charge < -0.3 is 24.4 Å². The largest absolute Gasteiger partial charge is 0.465 e. The minimum atomic E-state index is -1.33. The summed E-state index contributed by atoms with van der Waals surface area (Å²) in [5, 5.41) is 11.7. The molecule has 1 N–H and O–H groups in total. The summed E-state index contributed by atoms with van der Waals surface area (Å²) in [5.41, 5.74) is -1.66. The molecule has 198 valence electrons. The van der Waals surface area contributed by atoms with Crippen molar-refractivity contribution in [3.8, 4) is 0 Å². The third-order valence-corrected chi connectivity index (χ3v) is 8.50. The highest BCUT2D eigenvalue weighted by Crippen LogP contribution is 2.58. The zero-order valence-corrected chi connectivity index (χ0v) is 21.4. The molecule has 0 bridgehead atoms. The molecule has 8 nitrogen and oxygen atoms in total. The van der Waals surface area contributed by atoms with E-state index < -0.39 is 35.0 Å². The summed E-state index contributed by atoms with van der Waals surface area (Å²) in [4.78, 5) is 45.2. The summed E-state index contributed by atoms with van der Waals surface area (Å²) in [7, 11) is 0. The first kappa shape index (κ1) is 24.8. The predicted octanol–water partition coefficient (Wildman–Crippen LogP) is 2.99. The van der Waals surface area contributed by atoms with Crippen molar-refractivity contribution in [3.63, 3.8) is 0 Å². The summed E-state index contributed by atoms with van der Waals surface area (Å²) in [6.45, 7) is 2.53. The smallest absolute Gasteiger partial charge is 0.313 e. The number of esters is 1. The maximum absolute atomic E-state index is 14.5. The predicted molar refractivity (Wildman–Crippen MR) is 141 cm³/mol. The van der Waals surface area contributed by atoms with Crippen LogP contribution in [-0.4, -0.2) is 71.3 Å². The van der Waals surface area contributed by atoms with Crippen LogP contribution in [0.2, 0.25) is 0 Å². The first-order valence-corrected chi connectivity index (χ1v) is 13.4. The number of ether oxygens (including phenoxy) is 2. The van der Waals surface area contributed by atoms with Gasteiger partial charge in [-0.15, -0.1) is 0 Å². The fourth-order valence-corrected chi connectivity index (χ4v) is 6.79. The van der Waals surface area contributed by atoms with Crippen LogP contribution in [-0.2, 0) is 23.9 Å². The molecule has 38 heavy (non-hydrogen) atoms. The van der Waals surface area contributed by atoms with Gasteiger partial charge in [0.15, 0.2) is 0 Å². The summed E-state index contributed by atoms with van der Waals surface area (Å²) in [6, 6.07) is 12.8. The number of rotatable bonds is 5. The van der Waals surface area contributed by atoms with Crippen molar-refractivity contribution < 1.29 is 29.0 Å². The molecule has 2 aromatic rings. The Morgan fingerprint density at radius 1 is 1.00 bits per heavy atom. The first-order valence-electron chi connectivity index (χ1n) is 13.4. The number of aliphatic hydroxyl groups is 1. The molecule has 5 atom stereocenters. The molecule has 0 radical (unpaired) electrons. The van der Waals surface area contributed by atoms with Crippen molar-refractivity contribution in [2.45, 2.75) is 43.4 Å². The van der Waals surface area contributed by atoms with E-state index in [0.717, 1.165) is 16.5 Å². The number of fused-ring (bicyclic) bond motifs is 3. The van der Waals surface area contributed by atoms with Gasteiger partial charge in [0.25, 0.3) is 5.91 Å². The van der Waals surface area contributed by atoms with E-state index in [4.69, 9.17) is 9.47 Å². The van der Waals surface area contributed by atoms with Crippen LogP contribution >= 0.6 is 0 Å². The van der Waals surface area contributed by atoms with Crippen molar-refractivity contribution >= 4 is 34.2 Å². The lowest BCUT2D eigenvalue weighted by Crippen LogP contribution is -2.56. The monoisotopic (exact) mass is 516 g/mol. The third-order valence-electron chi connectivity index (χ3n) is 8.50. The van der Waals surface area contributed by atoms with Crippen LogP contribution in [0.5, 0.6) is 0 Å². The van der Waals surface area contributed by atoms with Crippen molar-refractivity contribution in [1.82, 2.24) is 4.90 Å². The van der Waals surface area contributed by atoms with E-state index in [9.17, 15) is 19.5 Å². The van der Waals surface area contributed by atoms with Crippen LogP contribution in [0.25, 0.3) is 10.8 Å². The molecule has 1 unspecified atom stereocenters. The van der Waals surface area contributed by atoms with Gasteiger partial charge in [0.1, 0.15) is 23.2 Å². The molecule has 4 heterocycles. The van der Waals surface area contributed by atoms with Crippen molar-refractivity contribution in [2.75, 3.05) is 31.2 Å². The Morgan fingerprint density at radius 3 is 2.61 bits per heavy atom. The second-order valence-corrected chi connectivity index (χ2v) is 10.5. The van der Waals surface area contributed by atoms with Gasteiger partial charge in [0.05, 0.1) is 12.5 Å². The number of nitrogens with zero attached hydrogens (tertiary/aromatic N) is 2. The topological polar surface area (TPSA) is 96.4 Å². The number of cyclic esters (lactones) is 1. The van der Waals surface area contributed by atoms with Gasteiger partial charge in [-0.3, -0.25) is 14.4 Å². The molecular weight excluding hydrogens is 484 g/mol. The first-order chi connectivity index (χ1) is 18.5. The second kappa shape index (κ2) is 9.36. The lowest BCUT2D eigenvalue weighted by Gasteiger charge is -2.38. The SMILES string of the molecule is CC[C@]12C=CCCOC(=O)[C@H]1[C@H]1C(=O)N(CCCO)C3C(=O)N(c4ccc5ccccc5c4)CC=C[C@@]31O2. The van der Waals surface area contributed by atoms with Crippen molar-refractivity contribution in [3.05, 3.63) is 66.8 Å². The lowest BCUT2D eigenvalue weighted by atomic mass is 9.73. The number of carbonyl (C=O) groups excluding carboxylic acids is 3. The van der Waals surface area contributed by atoms with Crippen molar-refractivity contribution in [1.29, 1.82) is 0 Å². The summed E-state index contributed by atoms with van der Waals surface area (Å²) in [5.74, 6) is -2.82. The van der Waals surface area contributed by atoms with Gasteiger partial charge >= 0.3 is 5.97 Å². The molecule has 2 saturated heterocycles. The number of likely N-dealkylation sites (tertiary alicyclic amines) is 1. The number of carbonyl (C=O) groups is 3. The molecule has 2 aromatic carbocycles. The van der Waals surface area contributed by atoms with Gasteiger partial charge in [-0.1, -0.05) is 61.6 Å². The van der Waals surface area contributed by atoms with Crippen molar-refractivity contribution in [2.24, 2.45) is 11.8 Å². The van der Waals surface area contributed by atoms with Gasteiger partial charge in [0.2, 0.25) is 5.91 Å². The molecule has 0 aromatic heterocycles. The molecule has 4 aliphatic rings. The minimum absolute atomic E-state index is 0.124. The molecule has 2 amide bonds. The fourth-order valence-electron chi connectivity index (χ4n) is 6.79. The number of hydrogen-bond acceptors (Lipinski definition) is 6. The van der Waals surface area contributed by atoms with Gasteiger partial charge in [-0.25, -0.2) is 0 Å². The second-order valence-electron chi connectivity index (χ2n) is 10.5. The minimum Gasteiger partial charge on any atom is -0.465 e. The van der Waals surface area contributed by atoms with Gasteiger partial charge in [-0.05, 0) is 42.2 Å². The van der Waals surface area contributed by atoms with Crippen LogP contribution in [0.15, 0.2) is 66.8 Å². The Labute approximate surface area is 221 Å². The Balaban J connectivity index is 1.48. The average molecular weight is 517 g/mol. The van der Waals surface area contributed by atoms with E-state index in [1.165, 1.54) is 4.90 Å². The molecular formula is C30H32N2O6. The van der Waals surface area contributed by atoms with Crippen LogP contribution in [0.3, 0.4) is 0 Å². The molecule has 0 saturated carbocycles. The normalized spacial score (nSPS) is 32.5. The summed E-state index contributed by atoms with van der Waals surface area (Å²) >= 11 is 0. The van der Waals surface area contributed by atoms with Crippen LogP contribution in [0.1, 0.15) is 26.2 Å². The Morgan fingerprint density at radius 2 is 1.82 bits per heavy atom. The number of hydrogen-bond donors (Lipinski definition) is 1. The van der Waals surface area contributed by atoms with Crippen LogP contribution in [0.4, 0.5) is 5.69 Å². The summed E-state index contributed by atoms with van der Waals surface area (Å²) in [6.07, 6.45) is 8.87. The molecule has 0 aliphatic carbocycles. The van der Waals surface area contributed by atoms with E-state index in [1.807, 2.05) is 73.7 Å². The Kier molecular flexibility index (Phi) is 6.12. The molecule has 8 heteroatoms. The quantitative estimate of drug-likeness (QED) is 0.485. The maximum Gasteiger partial charge on any atom is 0.313 e.